The molecule has 4 nitrogen and oxygen atoms in total. The van der Waals surface area contributed by atoms with E-state index in [2.05, 4.69) is 10.6 Å². The molecule has 0 spiro atoms. The molecule has 2 amide bonds. The van der Waals surface area contributed by atoms with Crippen molar-refractivity contribution in [3.8, 4) is 0 Å². The van der Waals surface area contributed by atoms with Crippen molar-refractivity contribution < 1.29 is 9.90 Å². The summed E-state index contributed by atoms with van der Waals surface area (Å²) >= 11 is 5.83. The maximum Gasteiger partial charge on any atom is 0.315 e. The van der Waals surface area contributed by atoms with Crippen LogP contribution in [0.2, 0.25) is 5.02 Å². The molecule has 2 aromatic carbocycles. The summed E-state index contributed by atoms with van der Waals surface area (Å²) in [4.78, 5) is 11.9. The van der Waals surface area contributed by atoms with E-state index in [1.54, 1.807) is 12.1 Å². The van der Waals surface area contributed by atoms with Gasteiger partial charge in [0.25, 0.3) is 0 Å². The fourth-order valence-corrected chi connectivity index (χ4v) is 2.46. The molecule has 0 aliphatic carbocycles. The molecule has 23 heavy (non-hydrogen) atoms. The van der Waals surface area contributed by atoms with Crippen LogP contribution in [0.4, 0.5) is 4.79 Å². The van der Waals surface area contributed by atoms with Crippen LogP contribution in [-0.4, -0.2) is 24.3 Å². The molecule has 2 rings (SSSR count). The Kier molecular flexibility index (Phi) is 6.91. The van der Waals surface area contributed by atoms with Crippen molar-refractivity contribution in [3.05, 3.63) is 70.7 Å². The van der Waals surface area contributed by atoms with E-state index in [1.807, 2.05) is 42.5 Å². The van der Waals surface area contributed by atoms with Crippen molar-refractivity contribution in [3.63, 3.8) is 0 Å². The summed E-state index contributed by atoms with van der Waals surface area (Å²) in [6.07, 6.45) is 0.613. The zero-order chi connectivity index (χ0) is 16.5. The van der Waals surface area contributed by atoms with Gasteiger partial charge in [0, 0.05) is 30.6 Å². The Labute approximate surface area is 141 Å². The molecule has 0 aliphatic heterocycles. The van der Waals surface area contributed by atoms with Gasteiger partial charge >= 0.3 is 6.03 Å². The van der Waals surface area contributed by atoms with Gasteiger partial charge < -0.3 is 15.7 Å². The Morgan fingerprint density at radius 3 is 2.39 bits per heavy atom. The number of aliphatic hydroxyl groups excluding tert-OH is 1. The second-order valence-corrected chi connectivity index (χ2v) is 5.75. The number of rotatable bonds is 7. The fraction of sp³-hybridized carbons (Fsp3) is 0.278. The van der Waals surface area contributed by atoms with Gasteiger partial charge in [0.15, 0.2) is 0 Å². The lowest BCUT2D eigenvalue weighted by molar-refractivity contribution is 0.237. The van der Waals surface area contributed by atoms with Crippen LogP contribution >= 0.6 is 11.6 Å². The Morgan fingerprint density at radius 2 is 1.74 bits per heavy atom. The highest BCUT2D eigenvalue weighted by atomic mass is 35.5. The average Bonchev–Trinajstić information content (AvgIpc) is 2.59. The first-order valence-corrected chi connectivity index (χ1v) is 7.99. The summed E-state index contributed by atoms with van der Waals surface area (Å²) in [5, 5.41) is 15.5. The van der Waals surface area contributed by atoms with Gasteiger partial charge in [-0.05, 0) is 29.7 Å². The topological polar surface area (TPSA) is 61.4 Å². The lowest BCUT2D eigenvalue weighted by atomic mass is 9.96. The number of carbonyl (C=O) groups is 1. The maximum absolute atomic E-state index is 11.9. The van der Waals surface area contributed by atoms with E-state index in [-0.39, 0.29) is 18.6 Å². The molecule has 0 saturated carbocycles. The summed E-state index contributed by atoms with van der Waals surface area (Å²) in [5.41, 5.74) is 2.10. The molecular weight excluding hydrogens is 312 g/mol. The van der Waals surface area contributed by atoms with E-state index < -0.39 is 0 Å². The van der Waals surface area contributed by atoms with Crippen LogP contribution in [0.15, 0.2) is 54.6 Å². The predicted octanol–water partition coefficient (Wildman–Crippen LogP) is 3.31. The average molecular weight is 333 g/mol. The number of aliphatic hydroxyl groups is 1. The number of halogens is 1. The summed E-state index contributed by atoms with van der Waals surface area (Å²) in [6.45, 7) is 1.02. The molecule has 1 unspecified atom stereocenters. The van der Waals surface area contributed by atoms with Gasteiger partial charge in [0.2, 0.25) is 0 Å². The SMILES string of the molecule is O=C(NCc1ccc(Cl)cc1)NCC(CCO)c1ccccc1. The molecule has 0 aliphatic rings. The van der Waals surface area contributed by atoms with Crippen LogP contribution < -0.4 is 10.6 Å². The summed E-state index contributed by atoms with van der Waals surface area (Å²) < 4.78 is 0. The molecule has 3 N–H and O–H groups in total. The Morgan fingerprint density at radius 1 is 1.04 bits per heavy atom. The van der Waals surface area contributed by atoms with Crippen LogP contribution in [-0.2, 0) is 6.54 Å². The third kappa shape index (κ3) is 5.93. The molecule has 0 bridgehead atoms. The molecule has 2 aromatic rings. The van der Waals surface area contributed by atoms with Gasteiger partial charge in [-0.1, -0.05) is 54.1 Å². The van der Waals surface area contributed by atoms with Crippen LogP contribution in [0, 0.1) is 0 Å². The zero-order valence-electron chi connectivity index (χ0n) is 12.8. The highest BCUT2D eigenvalue weighted by molar-refractivity contribution is 6.30. The smallest absolute Gasteiger partial charge is 0.315 e. The van der Waals surface area contributed by atoms with Gasteiger partial charge in [-0.3, -0.25) is 0 Å². The normalized spacial score (nSPS) is 11.7. The van der Waals surface area contributed by atoms with Gasteiger partial charge in [0.1, 0.15) is 0 Å². The first-order valence-electron chi connectivity index (χ1n) is 7.61. The van der Waals surface area contributed by atoms with Crippen molar-refractivity contribution in [1.29, 1.82) is 0 Å². The quantitative estimate of drug-likeness (QED) is 0.728. The van der Waals surface area contributed by atoms with Crippen LogP contribution in [0.5, 0.6) is 0 Å². The third-order valence-corrected chi connectivity index (χ3v) is 3.88. The van der Waals surface area contributed by atoms with Crippen LogP contribution in [0.1, 0.15) is 23.5 Å². The van der Waals surface area contributed by atoms with E-state index in [1.165, 1.54) is 0 Å². The standard InChI is InChI=1S/C18H21ClN2O2/c19-17-8-6-14(7-9-17)12-20-18(23)21-13-16(10-11-22)15-4-2-1-3-5-15/h1-9,16,22H,10-13H2,(H2,20,21,23). The lowest BCUT2D eigenvalue weighted by Gasteiger charge is -2.17. The van der Waals surface area contributed by atoms with Gasteiger partial charge in [0.05, 0.1) is 0 Å². The monoisotopic (exact) mass is 332 g/mol. The highest BCUT2D eigenvalue weighted by Gasteiger charge is 2.12. The van der Waals surface area contributed by atoms with Crippen molar-refractivity contribution in [2.45, 2.75) is 18.9 Å². The molecule has 0 radical (unpaired) electrons. The summed E-state index contributed by atoms with van der Waals surface area (Å²) in [5.74, 6) is 0.0995. The number of amides is 2. The van der Waals surface area contributed by atoms with E-state index >= 15 is 0 Å². The van der Waals surface area contributed by atoms with E-state index in [9.17, 15) is 9.90 Å². The van der Waals surface area contributed by atoms with Gasteiger partial charge in [-0.2, -0.15) is 0 Å². The third-order valence-electron chi connectivity index (χ3n) is 3.62. The highest BCUT2D eigenvalue weighted by Crippen LogP contribution is 2.18. The Bertz CT molecular complexity index is 602. The van der Waals surface area contributed by atoms with E-state index in [0.717, 1.165) is 11.1 Å². The molecule has 122 valence electrons. The minimum atomic E-state index is -0.223. The molecular formula is C18H21ClN2O2. The predicted molar refractivity (Wildman–Crippen MR) is 92.6 cm³/mol. The number of hydrogen-bond donors (Lipinski definition) is 3. The number of urea groups is 1. The molecule has 0 saturated heterocycles. The number of carbonyl (C=O) groups excluding carboxylic acids is 1. The van der Waals surface area contributed by atoms with Crippen molar-refractivity contribution in [2.75, 3.05) is 13.2 Å². The molecule has 1 atom stereocenters. The van der Waals surface area contributed by atoms with Crippen LogP contribution in [0.25, 0.3) is 0 Å². The summed E-state index contributed by atoms with van der Waals surface area (Å²) in [7, 11) is 0. The first-order chi connectivity index (χ1) is 11.2. The largest absolute Gasteiger partial charge is 0.396 e. The minimum Gasteiger partial charge on any atom is -0.396 e. The van der Waals surface area contributed by atoms with Gasteiger partial charge in [-0.15, -0.1) is 0 Å². The van der Waals surface area contributed by atoms with Crippen molar-refractivity contribution in [1.82, 2.24) is 10.6 Å². The molecule has 0 aromatic heterocycles. The number of benzene rings is 2. The fourth-order valence-electron chi connectivity index (χ4n) is 2.33. The number of nitrogens with one attached hydrogen (secondary N) is 2. The Balaban J connectivity index is 1.80. The second-order valence-electron chi connectivity index (χ2n) is 5.31. The maximum atomic E-state index is 11.9. The zero-order valence-corrected chi connectivity index (χ0v) is 13.6. The minimum absolute atomic E-state index is 0.0909. The number of hydrogen-bond acceptors (Lipinski definition) is 2. The van der Waals surface area contributed by atoms with Crippen molar-refractivity contribution in [2.24, 2.45) is 0 Å². The Hall–Kier alpha value is -2.04. The van der Waals surface area contributed by atoms with E-state index in [0.29, 0.717) is 24.5 Å². The molecule has 0 heterocycles. The van der Waals surface area contributed by atoms with Crippen molar-refractivity contribution >= 4 is 17.6 Å². The van der Waals surface area contributed by atoms with Crippen LogP contribution in [0.3, 0.4) is 0 Å². The molecule has 5 heteroatoms. The summed E-state index contributed by atoms with van der Waals surface area (Å²) in [6, 6.07) is 17.0. The lowest BCUT2D eigenvalue weighted by Crippen LogP contribution is -2.37. The first kappa shape index (κ1) is 17.3. The second kappa shape index (κ2) is 9.18. The molecule has 0 fully saturated rings. The van der Waals surface area contributed by atoms with Gasteiger partial charge in [-0.25, -0.2) is 4.79 Å². The van der Waals surface area contributed by atoms with E-state index in [4.69, 9.17) is 11.6 Å².